The minimum atomic E-state index is -4.65. The number of hydrogen-bond donors (Lipinski definition) is 1. The normalized spacial score (nSPS) is 13.0. The summed E-state index contributed by atoms with van der Waals surface area (Å²) in [6, 6.07) is 5.81. The van der Waals surface area contributed by atoms with E-state index in [1.807, 2.05) is 18.2 Å². The first-order valence-corrected chi connectivity index (χ1v) is 10.4. The highest BCUT2D eigenvalue weighted by molar-refractivity contribution is 5.81. The van der Waals surface area contributed by atoms with Crippen molar-refractivity contribution < 1.29 is 17.7 Å². The molecule has 31 heavy (non-hydrogen) atoms. The molecule has 0 spiro atoms. The van der Waals surface area contributed by atoms with Gasteiger partial charge in [0.1, 0.15) is 5.82 Å². The van der Waals surface area contributed by atoms with Gasteiger partial charge in [-0.05, 0) is 42.2 Å². The Morgan fingerprint density at radius 2 is 1.90 bits per heavy atom. The van der Waals surface area contributed by atoms with Gasteiger partial charge in [-0.2, -0.15) is 18.2 Å². The predicted octanol–water partition coefficient (Wildman–Crippen LogP) is 5.20. The first kappa shape index (κ1) is 23.0. The summed E-state index contributed by atoms with van der Waals surface area (Å²) in [6.07, 6.45) is 0.280. The van der Waals surface area contributed by atoms with Crippen LogP contribution in [0.4, 0.5) is 13.2 Å². The number of fused-ring (bicyclic) bond motifs is 1. The zero-order chi connectivity index (χ0) is 22.6. The van der Waals surface area contributed by atoms with Gasteiger partial charge < -0.3 is 14.4 Å². The third kappa shape index (κ3) is 6.16. The Kier molecular flexibility index (Phi) is 6.83. The lowest BCUT2D eigenvalue weighted by Crippen LogP contribution is -2.20. The van der Waals surface area contributed by atoms with E-state index in [0.717, 1.165) is 54.9 Å². The van der Waals surface area contributed by atoms with E-state index in [9.17, 15) is 13.2 Å². The molecule has 3 aromatic rings. The third-order valence-corrected chi connectivity index (χ3v) is 4.82. The Bertz CT molecular complexity index is 1040. The molecule has 0 atom stereocenters. The maximum absolute atomic E-state index is 12.6. The van der Waals surface area contributed by atoms with Gasteiger partial charge in [0.15, 0.2) is 5.82 Å². The number of aryl methyl sites for hydroxylation is 1. The van der Waals surface area contributed by atoms with Gasteiger partial charge in [0, 0.05) is 19.5 Å². The van der Waals surface area contributed by atoms with Crippen LogP contribution in [-0.4, -0.2) is 32.8 Å². The van der Waals surface area contributed by atoms with Crippen LogP contribution in [0.1, 0.15) is 57.2 Å². The van der Waals surface area contributed by atoms with Crippen LogP contribution in [0.5, 0.6) is 0 Å². The van der Waals surface area contributed by atoms with Gasteiger partial charge in [-0.25, -0.2) is 4.98 Å². The molecule has 1 aromatic carbocycles. The van der Waals surface area contributed by atoms with E-state index in [-0.39, 0.29) is 11.2 Å². The summed E-state index contributed by atoms with van der Waals surface area (Å²) < 4.78 is 44.3. The molecule has 0 saturated heterocycles. The number of nitrogens with zero attached hydrogens (tertiary/aromatic N) is 4. The number of likely N-dealkylation sites (N-methyl/N-ethyl adjacent to an activating group) is 1. The van der Waals surface area contributed by atoms with Crippen molar-refractivity contribution in [3.63, 3.8) is 0 Å². The fourth-order valence-corrected chi connectivity index (χ4v) is 3.18. The standard InChI is InChI=1S/C22H28F3N5O/c1-5-26-12-13-30-17-8-6-15(7-9-18-28-20(31-29-18)22(23,24)25)14-16(17)27-19(30)10-11-21(2,3)4/h6-9,14,26H,5,10-13H2,1-4H3/b9-7+. The van der Waals surface area contributed by atoms with Crippen LogP contribution < -0.4 is 5.32 Å². The lowest BCUT2D eigenvalue weighted by Gasteiger charge is -2.18. The number of hydrogen-bond acceptors (Lipinski definition) is 5. The molecule has 0 unspecified atom stereocenters. The fraction of sp³-hybridized carbons (Fsp3) is 0.500. The molecule has 0 aliphatic carbocycles. The van der Waals surface area contributed by atoms with Crippen molar-refractivity contribution >= 4 is 23.2 Å². The number of imidazole rings is 1. The molecule has 2 heterocycles. The lowest BCUT2D eigenvalue weighted by molar-refractivity contribution is -0.159. The smallest absolute Gasteiger partial charge is 0.329 e. The molecule has 0 saturated carbocycles. The van der Waals surface area contributed by atoms with Crippen molar-refractivity contribution in [1.29, 1.82) is 0 Å². The second-order valence-corrected chi connectivity index (χ2v) is 8.63. The molecule has 9 heteroatoms. The quantitative estimate of drug-likeness (QED) is 0.493. The fourth-order valence-electron chi connectivity index (χ4n) is 3.18. The molecule has 3 rings (SSSR count). The number of rotatable bonds is 8. The summed E-state index contributed by atoms with van der Waals surface area (Å²) in [4.78, 5) is 8.20. The zero-order valence-electron chi connectivity index (χ0n) is 18.3. The van der Waals surface area contributed by atoms with Crippen LogP contribution in [0.25, 0.3) is 23.2 Å². The minimum Gasteiger partial charge on any atom is -0.329 e. The average molecular weight is 435 g/mol. The van der Waals surface area contributed by atoms with Gasteiger partial charge in [-0.15, -0.1) is 0 Å². The second-order valence-electron chi connectivity index (χ2n) is 8.63. The van der Waals surface area contributed by atoms with E-state index in [1.165, 1.54) is 6.08 Å². The molecule has 0 fully saturated rings. The third-order valence-electron chi connectivity index (χ3n) is 4.82. The number of nitrogens with one attached hydrogen (secondary N) is 1. The average Bonchev–Trinajstić information content (AvgIpc) is 3.29. The number of alkyl halides is 3. The molecule has 0 aliphatic rings. The van der Waals surface area contributed by atoms with Crippen LogP contribution in [-0.2, 0) is 19.1 Å². The van der Waals surface area contributed by atoms with Crippen molar-refractivity contribution in [2.45, 2.75) is 53.3 Å². The van der Waals surface area contributed by atoms with Gasteiger partial charge in [0.2, 0.25) is 0 Å². The van der Waals surface area contributed by atoms with Crippen LogP contribution in [0.2, 0.25) is 0 Å². The lowest BCUT2D eigenvalue weighted by atomic mass is 9.90. The Morgan fingerprint density at radius 3 is 2.55 bits per heavy atom. The van der Waals surface area contributed by atoms with Gasteiger partial charge in [-0.1, -0.05) is 45.0 Å². The first-order valence-electron chi connectivity index (χ1n) is 10.4. The van der Waals surface area contributed by atoms with Crippen LogP contribution in [0, 0.1) is 5.41 Å². The maximum atomic E-state index is 12.6. The highest BCUT2D eigenvalue weighted by Gasteiger charge is 2.38. The minimum absolute atomic E-state index is 0.130. The second kappa shape index (κ2) is 9.21. The summed E-state index contributed by atoms with van der Waals surface area (Å²) in [6.45, 7) is 11.3. The van der Waals surface area contributed by atoms with Gasteiger partial charge >= 0.3 is 12.1 Å². The molecule has 1 N–H and O–H groups in total. The molecule has 0 radical (unpaired) electrons. The summed E-state index contributed by atoms with van der Waals surface area (Å²) >= 11 is 0. The Hall–Kier alpha value is -2.68. The number of halogens is 3. The number of benzene rings is 1. The molecule has 0 bridgehead atoms. The van der Waals surface area contributed by atoms with Crippen LogP contribution >= 0.6 is 0 Å². The van der Waals surface area contributed by atoms with E-state index < -0.39 is 12.1 Å². The molecule has 6 nitrogen and oxygen atoms in total. The van der Waals surface area contributed by atoms with Gasteiger partial charge in [0.05, 0.1) is 11.0 Å². The first-order chi connectivity index (χ1) is 14.6. The van der Waals surface area contributed by atoms with Gasteiger partial charge in [-0.3, -0.25) is 0 Å². The summed E-state index contributed by atoms with van der Waals surface area (Å²) in [5.41, 5.74) is 2.90. The molecule has 0 amide bonds. The van der Waals surface area contributed by atoms with Crippen molar-refractivity contribution in [3.8, 4) is 0 Å². The van der Waals surface area contributed by atoms with E-state index >= 15 is 0 Å². The molecule has 168 valence electrons. The van der Waals surface area contributed by atoms with Crippen LogP contribution in [0.15, 0.2) is 22.7 Å². The summed E-state index contributed by atoms with van der Waals surface area (Å²) in [7, 11) is 0. The number of aromatic nitrogens is 4. The highest BCUT2D eigenvalue weighted by atomic mass is 19.4. The van der Waals surface area contributed by atoms with Crippen molar-refractivity contribution in [1.82, 2.24) is 25.0 Å². The van der Waals surface area contributed by atoms with Crippen molar-refractivity contribution in [2.24, 2.45) is 5.41 Å². The molecular formula is C22H28F3N5O. The molecular weight excluding hydrogens is 407 g/mol. The molecule has 0 aliphatic heterocycles. The Labute approximate surface area is 179 Å². The maximum Gasteiger partial charge on any atom is 0.471 e. The van der Waals surface area contributed by atoms with E-state index in [2.05, 4.69) is 52.2 Å². The monoisotopic (exact) mass is 435 g/mol. The van der Waals surface area contributed by atoms with E-state index in [0.29, 0.717) is 0 Å². The SMILES string of the molecule is CCNCCn1c(CCC(C)(C)C)nc2cc(/C=C/c3noc(C(F)(F)F)n3)ccc21. The Morgan fingerprint density at radius 1 is 1.13 bits per heavy atom. The topological polar surface area (TPSA) is 68.8 Å². The van der Waals surface area contributed by atoms with Crippen molar-refractivity contribution in [3.05, 3.63) is 41.3 Å². The molecule has 2 aromatic heterocycles. The van der Waals surface area contributed by atoms with Crippen molar-refractivity contribution in [2.75, 3.05) is 13.1 Å². The zero-order valence-corrected chi connectivity index (χ0v) is 18.3. The van der Waals surface area contributed by atoms with Crippen LogP contribution in [0.3, 0.4) is 0 Å². The predicted molar refractivity (Wildman–Crippen MR) is 114 cm³/mol. The highest BCUT2D eigenvalue weighted by Crippen LogP contribution is 2.28. The summed E-state index contributed by atoms with van der Waals surface area (Å²) in [5.74, 6) is -0.447. The summed E-state index contributed by atoms with van der Waals surface area (Å²) in [5, 5.41) is 6.70. The van der Waals surface area contributed by atoms with E-state index in [4.69, 9.17) is 4.98 Å². The van der Waals surface area contributed by atoms with E-state index in [1.54, 1.807) is 6.08 Å². The largest absolute Gasteiger partial charge is 0.471 e. The Balaban J connectivity index is 1.85. The van der Waals surface area contributed by atoms with Gasteiger partial charge in [0.25, 0.3) is 0 Å².